The monoisotopic (exact) mass is 868 g/mol. The normalized spacial score (nSPS) is 14.5. The SMILES string of the molecule is CC1(C)c2ccccc2-c2cc3c(cc21)[Si](C)(C)c1ccc(-c2c4ccccc4c(-c4ccc5c(c4)oc4cc6c7ccccc7c7c8ccccc8ccc7c6cc45)c4ccccc24)cc1-3. The highest BCUT2D eigenvalue weighted by Crippen LogP contribution is 2.51. The van der Waals surface area contributed by atoms with Crippen molar-refractivity contribution in [2.45, 2.75) is 32.4 Å². The van der Waals surface area contributed by atoms with E-state index in [-0.39, 0.29) is 5.41 Å². The van der Waals surface area contributed by atoms with Crippen molar-refractivity contribution in [3.63, 3.8) is 0 Å². The zero-order valence-electron chi connectivity index (χ0n) is 37.9. The van der Waals surface area contributed by atoms with Crippen molar-refractivity contribution < 1.29 is 4.42 Å². The molecular formula is C65H44OSi. The second-order valence-corrected chi connectivity index (χ2v) is 24.6. The first-order valence-electron chi connectivity index (χ1n) is 23.7. The van der Waals surface area contributed by atoms with Gasteiger partial charge in [0.1, 0.15) is 19.2 Å². The summed E-state index contributed by atoms with van der Waals surface area (Å²) in [6, 6.07) is 73.5. The Bertz CT molecular complexity index is 4330. The maximum Gasteiger partial charge on any atom is 0.136 e. The van der Waals surface area contributed by atoms with E-state index in [1.165, 1.54) is 120 Å². The highest BCUT2D eigenvalue weighted by atomic mass is 28.3. The van der Waals surface area contributed by atoms with Gasteiger partial charge < -0.3 is 4.42 Å². The molecule has 0 saturated heterocycles. The fourth-order valence-corrected chi connectivity index (χ4v) is 16.1. The van der Waals surface area contributed by atoms with Gasteiger partial charge in [0.2, 0.25) is 0 Å². The van der Waals surface area contributed by atoms with Crippen molar-refractivity contribution >= 4 is 105 Å². The second kappa shape index (κ2) is 13.0. The van der Waals surface area contributed by atoms with Crippen molar-refractivity contribution in [2.75, 3.05) is 0 Å². The fraction of sp³-hybridized carbons (Fsp3) is 0.0769. The summed E-state index contributed by atoms with van der Waals surface area (Å²) in [7, 11) is -1.97. The third kappa shape index (κ3) is 4.88. The van der Waals surface area contributed by atoms with E-state index in [4.69, 9.17) is 4.42 Å². The lowest BCUT2D eigenvalue weighted by atomic mass is 9.82. The van der Waals surface area contributed by atoms with Gasteiger partial charge in [-0.25, -0.2) is 0 Å². The Balaban J connectivity index is 0.925. The standard InChI is InChI=1S/C65H44OSi/c1-65(2)56-24-14-13-18-42(56)52-34-55-54-31-38(27-30-60(54)67(3,4)61(55)36-57(52)65)62-45-20-9-11-22-47(45)63(48-23-12-10-21-46(48)62)39-26-28-43-53-33-50-49-29-25-37-15-5-6-16-40(37)64(49)44-19-8-7-17-41(44)51(50)35-59(53)66-58(43)32-39/h5-36H,1-4H3. The minimum absolute atomic E-state index is 0.0186. The van der Waals surface area contributed by atoms with Gasteiger partial charge in [-0.2, -0.15) is 0 Å². The zero-order valence-corrected chi connectivity index (χ0v) is 38.9. The molecule has 0 fully saturated rings. The van der Waals surface area contributed by atoms with Gasteiger partial charge in [-0.3, -0.25) is 0 Å². The van der Waals surface area contributed by atoms with Gasteiger partial charge in [0.25, 0.3) is 0 Å². The highest BCUT2D eigenvalue weighted by Gasteiger charge is 2.42. The van der Waals surface area contributed by atoms with Crippen LogP contribution in [-0.2, 0) is 5.41 Å². The van der Waals surface area contributed by atoms with E-state index in [1.54, 1.807) is 5.19 Å². The van der Waals surface area contributed by atoms with Crippen LogP contribution >= 0.6 is 0 Å². The molecule has 0 unspecified atom stereocenters. The van der Waals surface area contributed by atoms with Gasteiger partial charge in [0.15, 0.2) is 0 Å². The van der Waals surface area contributed by atoms with Crippen molar-refractivity contribution in [1.82, 2.24) is 0 Å². The van der Waals surface area contributed by atoms with E-state index >= 15 is 0 Å². The summed E-state index contributed by atoms with van der Waals surface area (Å²) in [4.78, 5) is 0. The van der Waals surface area contributed by atoms with Crippen molar-refractivity contribution in [3.8, 4) is 44.5 Å². The van der Waals surface area contributed by atoms with Crippen LogP contribution in [0, 0.1) is 0 Å². The second-order valence-electron chi connectivity index (χ2n) is 20.3. The number of fused-ring (bicyclic) bond motifs is 19. The molecule has 0 radical (unpaired) electrons. The Hall–Kier alpha value is -7.78. The zero-order chi connectivity index (χ0) is 44.5. The van der Waals surface area contributed by atoms with Crippen LogP contribution in [0.4, 0.5) is 0 Å². The lowest BCUT2D eigenvalue weighted by molar-refractivity contribution is 0.661. The van der Waals surface area contributed by atoms with Gasteiger partial charge in [-0.05, 0) is 167 Å². The van der Waals surface area contributed by atoms with E-state index in [9.17, 15) is 0 Å². The molecule has 2 heteroatoms. The molecule has 0 amide bonds. The predicted octanol–water partition coefficient (Wildman–Crippen LogP) is 16.9. The largest absolute Gasteiger partial charge is 0.456 e. The van der Waals surface area contributed by atoms with E-state index in [2.05, 4.69) is 221 Å². The van der Waals surface area contributed by atoms with E-state index in [1.807, 2.05) is 0 Å². The molecule has 0 spiro atoms. The van der Waals surface area contributed by atoms with Gasteiger partial charge in [0, 0.05) is 16.2 Å². The number of rotatable bonds is 2. The molecular weight excluding hydrogens is 825 g/mol. The molecule has 0 atom stereocenters. The van der Waals surface area contributed by atoms with Gasteiger partial charge in [0.05, 0.1) is 0 Å². The molecule has 2 aliphatic rings. The quantitative estimate of drug-likeness (QED) is 0.0958. The van der Waals surface area contributed by atoms with E-state index < -0.39 is 8.07 Å². The number of furan rings is 1. The number of hydrogen-bond donors (Lipinski definition) is 0. The van der Waals surface area contributed by atoms with E-state index in [0.717, 1.165) is 27.5 Å². The molecule has 13 aromatic rings. The van der Waals surface area contributed by atoms with Crippen LogP contribution in [0.25, 0.3) is 131 Å². The molecule has 12 aromatic carbocycles. The van der Waals surface area contributed by atoms with Crippen LogP contribution in [0.15, 0.2) is 199 Å². The Morgan fingerprint density at radius 3 is 1.64 bits per heavy atom. The van der Waals surface area contributed by atoms with Crippen LogP contribution in [0.1, 0.15) is 25.0 Å². The molecule has 1 aliphatic carbocycles. The number of hydrogen-bond acceptors (Lipinski definition) is 1. The predicted molar refractivity (Wildman–Crippen MR) is 289 cm³/mol. The van der Waals surface area contributed by atoms with Crippen LogP contribution in [-0.4, -0.2) is 8.07 Å². The smallest absolute Gasteiger partial charge is 0.136 e. The summed E-state index contributed by atoms with van der Waals surface area (Å²) < 4.78 is 6.92. The Morgan fingerprint density at radius 1 is 0.343 bits per heavy atom. The van der Waals surface area contributed by atoms with Crippen molar-refractivity contribution in [2.24, 2.45) is 0 Å². The summed E-state index contributed by atoms with van der Waals surface area (Å²) in [5, 5.41) is 20.5. The summed E-state index contributed by atoms with van der Waals surface area (Å²) in [6.07, 6.45) is 0. The molecule has 1 nitrogen and oxygen atoms in total. The summed E-state index contributed by atoms with van der Waals surface area (Å²) in [5.41, 5.74) is 15.3. The fourth-order valence-electron chi connectivity index (χ4n) is 13.0. The molecule has 2 heterocycles. The third-order valence-corrected chi connectivity index (χ3v) is 19.7. The minimum Gasteiger partial charge on any atom is -0.456 e. The van der Waals surface area contributed by atoms with E-state index in [0.29, 0.717) is 0 Å². The van der Waals surface area contributed by atoms with Gasteiger partial charge in [-0.15, -0.1) is 0 Å². The van der Waals surface area contributed by atoms with Crippen molar-refractivity contribution in [3.05, 3.63) is 205 Å². The Morgan fingerprint density at radius 2 is 0.896 bits per heavy atom. The molecule has 314 valence electrons. The average molecular weight is 869 g/mol. The molecule has 1 aromatic heterocycles. The van der Waals surface area contributed by atoms with Crippen LogP contribution in [0.5, 0.6) is 0 Å². The van der Waals surface area contributed by atoms with Crippen LogP contribution in [0.3, 0.4) is 0 Å². The highest BCUT2D eigenvalue weighted by molar-refractivity contribution is 7.03. The molecule has 67 heavy (non-hydrogen) atoms. The molecule has 0 saturated carbocycles. The summed E-state index contributed by atoms with van der Waals surface area (Å²) in [6.45, 7) is 9.90. The summed E-state index contributed by atoms with van der Waals surface area (Å²) >= 11 is 0. The Labute approximate surface area is 389 Å². The first-order valence-corrected chi connectivity index (χ1v) is 26.7. The first-order chi connectivity index (χ1) is 32.7. The molecule has 0 bridgehead atoms. The maximum atomic E-state index is 6.92. The van der Waals surface area contributed by atoms with Gasteiger partial charge >= 0.3 is 0 Å². The third-order valence-electron chi connectivity index (χ3n) is 16.2. The van der Waals surface area contributed by atoms with Crippen LogP contribution in [0.2, 0.25) is 13.1 Å². The molecule has 15 rings (SSSR count). The molecule has 1 aliphatic heterocycles. The van der Waals surface area contributed by atoms with Gasteiger partial charge in [-0.1, -0.05) is 185 Å². The summed E-state index contributed by atoms with van der Waals surface area (Å²) in [5.74, 6) is 0. The first kappa shape index (κ1) is 37.4. The van der Waals surface area contributed by atoms with Crippen LogP contribution < -0.4 is 10.4 Å². The topological polar surface area (TPSA) is 13.1 Å². The maximum absolute atomic E-state index is 6.92. The Kier molecular flexibility index (Phi) is 7.25. The number of benzene rings is 12. The minimum atomic E-state index is -1.97. The average Bonchev–Trinajstić information content (AvgIpc) is 3.92. The molecule has 0 N–H and O–H groups in total. The lowest BCUT2D eigenvalue weighted by Crippen LogP contribution is -2.49. The van der Waals surface area contributed by atoms with Crippen molar-refractivity contribution in [1.29, 1.82) is 0 Å². The lowest BCUT2D eigenvalue weighted by Gasteiger charge is -2.24.